The molecule has 1 saturated carbocycles. The number of aryl methyl sites for hydroxylation is 3. The molecule has 3 aromatic rings. The molecule has 8 heteroatoms. The van der Waals surface area contributed by atoms with Crippen LogP contribution in [0.5, 0.6) is 0 Å². The van der Waals surface area contributed by atoms with Gasteiger partial charge in [-0.05, 0) is 66.5 Å². The Kier molecular flexibility index (Phi) is 4.67. The number of hydrogen-bond acceptors (Lipinski definition) is 5. The standard InChI is InChI=1S/C22H27N5O3/c1-11-9-15(13(3)30-11)20(28)24-25-21(29)16-10-17(14-7-8-14)23-19-18(16)12(2)26-27(19)22(4,5)6/h9-10,14H,7-8H2,1-6H3,(H,24,28)(H,25,29). The first-order valence-corrected chi connectivity index (χ1v) is 10.1. The highest BCUT2D eigenvalue weighted by Gasteiger charge is 2.30. The number of hydrogen-bond donors (Lipinski definition) is 2. The van der Waals surface area contributed by atoms with Crippen molar-refractivity contribution in [2.45, 2.75) is 65.8 Å². The molecule has 1 aliphatic carbocycles. The van der Waals surface area contributed by atoms with Gasteiger partial charge >= 0.3 is 0 Å². The normalized spacial score (nSPS) is 14.2. The summed E-state index contributed by atoms with van der Waals surface area (Å²) in [5.41, 5.74) is 7.94. The highest BCUT2D eigenvalue weighted by atomic mass is 16.3. The lowest BCUT2D eigenvalue weighted by atomic mass is 10.1. The van der Waals surface area contributed by atoms with Crippen LogP contribution in [-0.4, -0.2) is 26.6 Å². The summed E-state index contributed by atoms with van der Waals surface area (Å²) in [6, 6.07) is 3.47. The highest BCUT2D eigenvalue weighted by Crippen LogP contribution is 2.40. The smallest absolute Gasteiger partial charge is 0.273 e. The Morgan fingerprint density at radius 2 is 1.70 bits per heavy atom. The maximum atomic E-state index is 13.1. The van der Waals surface area contributed by atoms with Crippen molar-refractivity contribution in [1.82, 2.24) is 25.6 Å². The van der Waals surface area contributed by atoms with Crippen molar-refractivity contribution in [2.75, 3.05) is 0 Å². The van der Waals surface area contributed by atoms with Crippen LogP contribution in [0.4, 0.5) is 0 Å². The molecule has 0 unspecified atom stereocenters. The quantitative estimate of drug-likeness (QED) is 0.643. The van der Waals surface area contributed by atoms with E-state index in [1.807, 2.05) is 17.7 Å². The fraction of sp³-hybridized carbons (Fsp3) is 0.455. The monoisotopic (exact) mass is 409 g/mol. The molecule has 2 N–H and O–H groups in total. The van der Waals surface area contributed by atoms with Gasteiger partial charge in [-0.2, -0.15) is 5.10 Å². The molecular formula is C22H27N5O3. The number of hydrazine groups is 1. The van der Waals surface area contributed by atoms with Gasteiger partial charge in [0.25, 0.3) is 11.8 Å². The first-order valence-electron chi connectivity index (χ1n) is 10.1. The molecule has 0 radical (unpaired) electrons. The molecule has 30 heavy (non-hydrogen) atoms. The van der Waals surface area contributed by atoms with Gasteiger partial charge in [-0.3, -0.25) is 20.4 Å². The van der Waals surface area contributed by atoms with Crippen LogP contribution in [0.15, 0.2) is 16.5 Å². The Bertz CT molecular complexity index is 1160. The predicted octanol–water partition coefficient (Wildman–Crippen LogP) is 3.66. The molecule has 3 heterocycles. The lowest BCUT2D eigenvalue weighted by molar-refractivity contribution is 0.0846. The minimum Gasteiger partial charge on any atom is -0.466 e. The van der Waals surface area contributed by atoms with E-state index in [9.17, 15) is 9.59 Å². The van der Waals surface area contributed by atoms with Crippen LogP contribution in [0.2, 0.25) is 0 Å². The van der Waals surface area contributed by atoms with E-state index in [-0.39, 0.29) is 5.54 Å². The fourth-order valence-corrected chi connectivity index (χ4v) is 3.65. The van der Waals surface area contributed by atoms with Crippen LogP contribution >= 0.6 is 0 Å². The largest absolute Gasteiger partial charge is 0.466 e. The summed E-state index contributed by atoms with van der Waals surface area (Å²) in [6.45, 7) is 11.5. The lowest BCUT2D eigenvalue weighted by Crippen LogP contribution is -2.41. The van der Waals surface area contributed by atoms with E-state index in [1.54, 1.807) is 19.9 Å². The van der Waals surface area contributed by atoms with Crippen molar-refractivity contribution in [3.63, 3.8) is 0 Å². The van der Waals surface area contributed by atoms with Crippen LogP contribution in [0.1, 0.15) is 83.2 Å². The average molecular weight is 409 g/mol. The number of rotatable bonds is 3. The molecule has 4 rings (SSSR count). The van der Waals surface area contributed by atoms with Crippen molar-refractivity contribution < 1.29 is 14.0 Å². The molecule has 0 spiro atoms. The molecule has 158 valence electrons. The minimum absolute atomic E-state index is 0.277. The second-order valence-corrected chi connectivity index (χ2v) is 8.97. The van der Waals surface area contributed by atoms with Crippen LogP contribution in [-0.2, 0) is 5.54 Å². The van der Waals surface area contributed by atoms with Gasteiger partial charge in [0.05, 0.1) is 27.7 Å². The van der Waals surface area contributed by atoms with E-state index in [0.717, 1.165) is 24.2 Å². The van der Waals surface area contributed by atoms with Crippen LogP contribution in [0.25, 0.3) is 11.0 Å². The van der Waals surface area contributed by atoms with E-state index in [4.69, 9.17) is 9.40 Å². The third-order valence-electron chi connectivity index (χ3n) is 5.28. The topological polar surface area (TPSA) is 102 Å². The van der Waals surface area contributed by atoms with Crippen molar-refractivity contribution in [1.29, 1.82) is 0 Å². The van der Waals surface area contributed by atoms with Crippen molar-refractivity contribution in [3.8, 4) is 0 Å². The van der Waals surface area contributed by atoms with Gasteiger partial charge in [-0.15, -0.1) is 0 Å². The number of furan rings is 1. The summed E-state index contributed by atoms with van der Waals surface area (Å²) in [4.78, 5) is 30.4. The summed E-state index contributed by atoms with van der Waals surface area (Å²) in [7, 11) is 0. The molecule has 0 aromatic carbocycles. The molecule has 8 nitrogen and oxygen atoms in total. The number of pyridine rings is 1. The number of carbonyl (C=O) groups is 2. The molecule has 3 aromatic heterocycles. The Hall–Kier alpha value is -3.16. The molecule has 0 atom stereocenters. The van der Waals surface area contributed by atoms with Gasteiger partial charge in [0.15, 0.2) is 5.65 Å². The van der Waals surface area contributed by atoms with Gasteiger partial charge in [-0.1, -0.05) is 0 Å². The predicted molar refractivity (Wildman–Crippen MR) is 112 cm³/mol. The van der Waals surface area contributed by atoms with Crippen LogP contribution in [0, 0.1) is 20.8 Å². The molecule has 2 amide bonds. The van der Waals surface area contributed by atoms with E-state index >= 15 is 0 Å². The summed E-state index contributed by atoms with van der Waals surface area (Å²) in [5.74, 6) is 0.693. The lowest BCUT2D eigenvalue weighted by Gasteiger charge is -2.20. The minimum atomic E-state index is -0.424. The average Bonchev–Trinajstić information content (AvgIpc) is 3.38. The second-order valence-electron chi connectivity index (χ2n) is 8.97. The highest BCUT2D eigenvalue weighted by molar-refractivity contribution is 6.07. The summed E-state index contributed by atoms with van der Waals surface area (Å²) < 4.78 is 7.26. The van der Waals surface area contributed by atoms with Crippen molar-refractivity contribution in [2.24, 2.45) is 0 Å². The number of nitrogens with zero attached hydrogens (tertiary/aromatic N) is 3. The number of fused-ring (bicyclic) bond motifs is 1. The Balaban J connectivity index is 1.69. The molecule has 0 saturated heterocycles. The number of nitrogens with one attached hydrogen (secondary N) is 2. The first-order chi connectivity index (χ1) is 14.1. The summed E-state index contributed by atoms with van der Waals surface area (Å²) in [6.07, 6.45) is 2.14. The molecule has 1 aliphatic rings. The van der Waals surface area contributed by atoms with Crippen LogP contribution in [0.3, 0.4) is 0 Å². The molecule has 1 fully saturated rings. The number of aromatic nitrogens is 3. The van der Waals surface area contributed by atoms with Gasteiger partial charge in [0.2, 0.25) is 0 Å². The Morgan fingerprint density at radius 1 is 1.07 bits per heavy atom. The van der Waals surface area contributed by atoms with Gasteiger partial charge in [0.1, 0.15) is 11.5 Å². The zero-order valence-corrected chi connectivity index (χ0v) is 18.2. The maximum Gasteiger partial charge on any atom is 0.273 e. The van der Waals surface area contributed by atoms with Crippen molar-refractivity contribution >= 4 is 22.8 Å². The SMILES string of the molecule is Cc1cc(C(=O)NNC(=O)c2cc(C3CC3)nc3c2c(C)nn3C(C)(C)C)c(C)o1. The first kappa shape index (κ1) is 20.1. The number of amides is 2. The molecule has 0 aliphatic heterocycles. The zero-order valence-electron chi connectivity index (χ0n) is 18.2. The van der Waals surface area contributed by atoms with Gasteiger partial charge < -0.3 is 4.42 Å². The molecule has 0 bridgehead atoms. The van der Waals surface area contributed by atoms with E-state index < -0.39 is 11.8 Å². The summed E-state index contributed by atoms with van der Waals surface area (Å²) >= 11 is 0. The zero-order chi connectivity index (χ0) is 21.8. The second kappa shape index (κ2) is 6.97. The van der Waals surface area contributed by atoms with Crippen LogP contribution < -0.4 is 10.9 Å². The van der Waals surface area contributed by atoms with Gasteiger partial charge in [-0.25, -0.2) is 9.67 Å². The third-order valence-corrected chi connectivity index (χ3v) is 5.28. The third kappa shape index (κ3) is 3.58. The van der Waals surface area contributed by atoms with Gasteiger partial charge in [0, 0.05) is 11.6 Å². The Morgan fingerprint density at radius 3 is 2.23 bits per heavy atom. The maximum absolute atomic E-state index is 13.1. The van der Waals surface area contributed by atoms with E-state index in [0.29, 0.717) is 39.6 Å². The Labute approximate surface area is 175 Å². The van der Waals surface area contributed by atoms with E-state index in [2.05, 4.69) is 36.7 Å². The molecular weight excluding hydrogens is 382 g/mol. The van der Waals surface area contributed by atoms with Crippen molar-refractivity contribution in [3.05, 3.63) is 46.2 Å². The fourth-order valence-electron chi connectivity index (χ4n) is 3.65. The number of carbonyl (C=O) groups excluding carboxylic acids is 2. The summed E-state index contributed by atoms with van der Waals surface area (Å²) in [5, 5.41) is 5.36. The van der Waals surface area contributed by atoms with E-state index in [1.165, 1.54) is 0 Å².